The summed E-state index contributed by atoms with van der Waals surface area (Å²) in [4.78, 5) is 21.7. The summed E-state index contributed by atoms with van der Waals surface area (Å²) >= 11 is 1.74. The molecular weight excluding hydrogens is 370 g/mol. The Morgan fingerprint density at radius 3 is 2.71 bits per heavy atom. The fourth-order valence-corrected chi connectivity index (χ4v) is 5.33. The third kappa shape index (κ3) is 4.23. The van der Waals surface area contributed by atoms with Crippen molar-refractivity contribution in [2.75, 3.05) is 44.8 Å². The van der Waals surface area contributed by atoms with Gasteiger partial charge in [-0.05, 0) is 31.1 Å². The molecule has 0 N–H and O–H groups in total. The molecule has 150 valence electrons. The average Bonchev–Trinajstić information content (AvgIpc) is 3.22. The van der Waals surface area contributed by atoms with Crippen LogP contribution in [-0.2, 0) is 9.53 Å². The number of amides is 1. The lowest BCUT2D eigenvalue weighted by Gasteiger charge is -2.47. The number of carbonyl (C=O) groups excluding carboxylic acids is 1. The molecule has 0 aliphatic carbocycles. The number of rotatable bonds is 6. The predicted octanol–water partition coefficient (Wildman–Crippen LogP) is 4.06. The van der Waals surface area contributed by atoms with Gasteiger partial charge in [-0.3, -0.25) is 4.79 Å². The van der Waals surface area contributed by atoms with Crippen LogP contribution in [0, 0.1) is 5.41 Å². The standard InChI is InChI=1S/C22H29N3O2S/c1-27-15-5-12-25-17-22(9-8-20(25)26)10-13-24(14-11-22)21-23-19(16-28-21)18-6-3-2-4-7-18/h2-4,6-7,16H,5,8-15,17H2,1H3. The average molecular weight is 400 g/mol. The van der Waals surface area contributed by atoms with Gasteiger partial charge in [-0.15, -0.1) is 11.3 Å². The lowest BCUT2D eigenvalue weighted by Crippen LogP contribution is -2.51. The van der Waals surface area contributed by atoms with Crippen molar-refractivity contribution >= 4 is 22.4 Å². The monoisotopic (exact) mass is 399 g/mol. The predicted molar refractivity (Wildman–Crippen MR) is 114 cm³/mol. The van der Waals surface area contributed by atoms with Crippen molar-refractivity contribution in [2.45, 2.75) is 32.1 Å². The number of likely N-dealkylation sites (tertiary alicyclic amines) is 1. The highest BCUT2D eigenvalue weighted by Crippen LogP contribution is 2.42. The first-order valence-corrected chi connectivity index (χ1v) is 11.1. The first-order valence-electron chi connectivity index (χ1n) is 10.2. The zero-order valence-corrected chi connectivity index (χ0v) is 17.4. The highest BCUT2D eigenvalue weighted by Gasteiger charge is 2.41. The van der Waals surface area contributed by atoms with Gasteiger partial charge in [0.1, 0.15) is 0 Å². The number of piperidine rings is 2. The molecule has 1 aromatic heterocycles. The topological polar surface area (TPSA) is 45.7 Å². The SMILES string of the molecule is COCCCN1CC2(CCC1=O)CCN(c1nc(-c3ccccc3)cs1)CC2. The third-order valence-electron chi connectivity index (χ3n) is 6.18. The summed E-state index contributed by atoms with van der Waals surface area (Å²) in [7, 11) is 1.72. The van der Waals surface area contributed by atoms with Crippen LogP contribution >= 0.6 is 11.3 Å². The second-order valence-corrected chi connectivity index (χ2v) is 8.87. The van der Waals surface area contributed by atoms with E-state index in [4.69, 9.17) is 9.72 Å². The van der Waals surface area contributed by atoms with Crippen molar-refractivity contribution in [1.29, 1.82) is 0 Å². The normalized spacial score (nSPS) is 19.4. The van der Waals surface area contributed by atoms with E-state index in [9.17, 15) is 4.79 Å². The second kappa shape index (κ2) is 8.62. The maximum Gasteiger partial charge on any atom is 0.222 e. The number of nitrogens with zero attached hydrogens (tertiary/aromatic N) is 3. The quantitative estimate of drug-likeness (QED) is 0.688. The lowest BCUT2D eigenvalue weighted by molar-refractivity contribution is -0.138. The van der Waals surface area contributed by atoms with Gasteiger partial charge in [0.15, 0.2) is 5.13 Å². The van der Waals surface area contributed by atoms with Crippen LogP contribution in [0.1, 0.15) is 32.1 Å². The van der Waals surface area contributed by atoms with E-state index < -0.39 is 0 Å². The van der Waals surface area contributed by atoms with Gasteiger partial charge < -0.3 is 14.5 Å². The second-order valence-electron chi connectivity index (χ2n) is 8.03. The molecule has 2 fully saturated rings. The zero-order valence-electron chi connectivity index (χ0n) is 16.6. The van der Waals surface area contributed by atoms with Crippen LogP contribution in [-0.4, -0.2) is 55.7 Å². The van der Waals surface area contributed by atoms with E-state index in [-0.39, 0.29) is 5.41 Å². The molecule has 1 spiro atoms. The molecule has 2 aliphatic rings. The maximum absolute atomic E-state index is 12.3. The van der Waals surface area contributed by atoms with Crippen LogP contribution in [0.3, 0.4) is 0 Å². The van der Waals surface area contributed by atoms with Crippen LogP contribution in [0.4, 0.5) is 5.13 Å². The number of anilines is 1. The molecule has 28 heavy (non-hydrogen) atoms. The van der Waals surface area contributed by atoms with Gasteiger partial charge >= 0.3 is 0 Å². The summed E-state index contributed by atoms with van der Waals surface area (Å²) < 4.78 is 5.15. The fourth-order valence-electron chi connectivity index (χ4n) is 4.44. The van der Waals surface area contributed by atoms with Crippen LogP contribution < -0.4 is 4.90 Å². The van der Waals surface area contributed by atoms with Crippen molar-refractivity contribution < 1.29 is 9.53 Å². The van der Waals surface area contributed by atoms with E-state index in [1.165, 1.54) is 5.56 Å². The Hall–Kier alpha value is -1.92. The molecule has 0 saturated carbocycles. The summed E-state index contributed by atoms with van der Waals surface area (Å²) in [5.41, 5.74) is 2.53. The highest BCUT2D eigenvalue weighted by atomic mass is 32.1. The molecule has 5 nitrogen and oxygen atoms in total. The van der Waals surface area contributed by atoms with Crippen molar-refractivity contribution in [3.05, 3.63) is 35.7 Å². The summed E-state index contributed by atoms with van der Waals surface area (Å²) in [5, 5.41) is 3.28. The number of thiazole rings is 1. The minimum absolute atomic E-state index is 0.289. The lowest BCUT2D eigenvalue weighted by atomic mass is 9.72. The maximum atomic E-state index is 12.3. The van der Waals surface area contributed by atoms with Crippen LogP contribution in [0.15, 0.2) is 35.7 Å². The van der Waals surface area contributed by atoms with Gasteiger partial charge in [0, 0.05) is 57.3 Å². The minimum atomic E-state index is 0.289. The molecule has 2 aromatic rings. The fraction of sp³-hybridized carbons (Fsp3) is 0.545. The molecule has 2 aliphatic heterocycles. The van der Waals surface area contributed by atoms with Gasteiger partial charge in [-0.2, -0.15) is 0 Å². The Morgan fingerprint density at radius 1 is 1.18 bits per heavy atom. The highest BCUT2D eigenvalue weighted by molar-refractivity contribution is 7.14. The molecule has 1 amide bonds. The molecule has 2 saturated heterocycles. The number of methoxy groups -OCH3 is 1. The molecule has 0 radical (unpaired) electrons. The Labute approximate surface area is 171 Å². The van der Waals surface area contributed by atoms with Crippen LogP contribution in [0.25, 0.3) is 11.3 Å². The van der Waals surface area contributed by atoms with Gasteiger partial charge in [0.25, 0.3) is 0 Å². The molecule has 0 bridgehead atoms. The Bertz CT molecular complexity index is 784. The summed E-state index contributed by atoms with van der Waals surface area (Å²) in [6.07, 6.45) is 4.93. The van der Waals surface area contributed by atoms with E-state index in [0.29, 0.717) is 12.3 Å². The number of benzene rings is 1. The van der Waals surface area contributed by atoms with E-state index in [1.807, 2.05) is 6.07 Å². The van der Waals surface area contributed by atoms with Crippen molar-refractivity contribution in [2.24, 2.45) is 5.41 Å². The molecule has 1 aromatic carbocycles. The molecule has 6 heteroatoms. The smallest absolute Gasteiger partial charge is 0.222 e. The van der Waals surface area contributed by atoms with E-state index in [0.717, 1.165) is 69.3 Å². The first-order chi connectivity index (χ1) is 13.7. The van der Waals surface area contributed by atoms with Gasteiger partial charge in [0.2, 0.25) is 5.91 Å². The number of aromatic nitrogens is 1. The summed E-state index contributed by atoms with van der Waals surface area (Å²) in [5.74, 6) is 0.316. The van der Waals surface area contributed by atoms with Gasteiger partial charge in [-0.25, -0.2) is 4.98 Å². The van der Waals surface area contributed by atoms with Crippen molar-refractivity contribution in [3.8, 4) is 11.3 Å². The third-order valence-corrected chi connectivity index (χ3v) is 7.08. The van der Waals surface area contributed by atoms with Crippen molar-refractivity contribution in [1.82, 2.24) is 9.88 Å². The van der Waals surface area contributed by atoms with E-state index >= 15 is 0 Å². The minimum Gasteiger partial charge on any atom is -0.385 e. The number of hydrogen-bond donors (Lipinski definition) is 0. The number of ether oxygens (including phenoxy) is 1. The molecule has 3 heterocycles. The van der Waals surface area contributed by atoms with E-state index in [1.54, 1.807) is 18.4 Å². The Morgan fingerprint density at radius 2 is 1.96 bits per heavy atom. The van der Waals surface area contributed by atoms with Crippen molar-refractivity contribution in [3.63, 3.8) is 0 Å². The summed E-state index contributed by atoms with van der Waals surface area (Å²) in [6, 6.07) is 10.4. The number of carbonyl (C=O) groups is 1. The molecule has 4 rings (SSSR count). The number of hydrogen-bond acceptors (Lipinski definition) is 5. The largest absolute Gasteiger partial charge is 0.385 e. The molecular formula is C22H29N3O2S. The van der Waals surface area contributed by atoms with Crippen LogP contribution in [0.2, 0.25) is 0 Å². The van der Waals surface area contributed by atoms with Gasteiger partial charge in [-0.1, -0.05) is 30.3 Å². The molecule has 0 atom stereocenters. The van der Waals surface area contributed by atoms with Crippen LogP contribution in [0.5, 0.6) is 0 Å². The zero-order chi connectivity index (χ0) is 19.4. The Kier molecular flexibility index (Phi) is 5.97. The Balaban J connectivity index is 1.36. The molecule has 0 unspecified atom stereocenters. The first kappa shape index (κ1) is 19.4. The van der Waals surface area contributed by atoms with E-state index in [2.05, 4.69) is 39.4 Å². The van der Waals surface area contributed by atoms with Gasteiger partial charge in [0.05, 0.1) is 5.69 Å². The summed E-state index contributed by atoms with van der Waals surface area (Å²) in [6.45, 7) is 4.52.